The topological polar surface area (TPSA) is 82.1 Å². The van der Waals surface area contributed by atoms with Crippen LogP contribution in [0.25, 0.3) is 0 Å². The van der Waals surface area contributed by atoms with Gasteiger partial charge >= 0.3 is 11.9 Å². The molecule has 0 amide bonds. The Balaban J connectivity index is 1.70. The summed E-state index contributed by atoms with van der Waals surface area (Å²) in [5.74, 6) is 0.416. The Morgan fingerprint density at radius 1 is 0.967 bits per heavy atom. The van der Waals surface area contributed by atoms with Gasteiger partial charge in [-0.05, 0) is 80.1 Å². The van der Waals surface area contributed by atoms with Gasteiger partial charge in [-0.25, -0.2) is 9.59 Å². The first-order chi connectivity index (χ1) is 14.5. The molecular formula is C24H28O6. The summed E-state index contributed by atoms with van der Waals surface area (Å²) >= 11 is 0. The molecule has 0 spiro atoms. The van der Waals surface area contributed by atoms with Crippen LogP contribution in [0.2, 0.25) is 0 Å². The van der Waals surface area contributed by atoms with E-state index in [0.29, 0.717) is 36.7 Å². The highest BCUT2D eigenvalue weighted by atomic mass is 16.5. The predicted octanol–water partition coefficient (Wildman–Crippen LogP) is 4.84. The van der Waals surface area contributed by atoms with Crippen LogP contribution in [0.1, 0.15) is 48.5 Å². The maximum atomic E-state index is 12.3. The Labute approximate surface area is 177 Å². The molecule has 2 aromatic carbocycles. The molecule has 2 rings (SSSR count). The van der Waals surface area contributed by atoms with Crippen LogP contribution in [0.4, 0.5) is 0 Å². The van der Waals surface area contributed by atoms with Crippen molar-refractivity contribution in [1.29, 1.82) is 0 Å². The van der Waals surface area contributed by atoms with Crippen LogP contribution in [0.5, 0.6) is 17.2 Å². The molecule has 0 aromatic heterocycles. The molecule has 0 saturated carbocycles. The molecule has 30 heavy (non-hydrogen) atoms. The molecule has 0 bridgehead atoms. The third kappa shape index (κ3) is 7.62. The number of rotatable bonds is 12. The van der Waals surface area contributed by atoms with Crippen LogP contribution >= 0.6 is 0 Å². The van der Waals surface area contributed by atoms with E-state index < -0.39 is 5.97 Å². The highest BCUT2D eigenvalue weighted by Gasteiger charge is 2.10. The zero-order chi connectivity index (χ0) is 21.8. The van der Waals surface area contributed by atoms with E-state index in [9.17, 15) is 14.7 Å². The third-order valence-corrected chi connectivity index (χ3v) is 4.45. The largest absolute Gasteiger partial charge is 0.508 e. The van der Waals surface area contributed by atoms with Crippen LogP contribution in [0.3, 0.4) is 0 Å². The lowest BCUT2D eigenvalue weighted by Crippen LogP contribution is -2.08. The molecule has 0 radical (unpaired) electrons. The van der Waals surface area contributed by atoms with Crippen molar-refractivity contribution in [3.63, 3.8) is 0 Å². The Morgan fingerprint density at radius 2 is 1.63 bits per heavy atom. The summed E-state index contributed by atoms with van der Waals surface area (Å²) in [7, 11) is 0. The van der Waals surface area contributed by atoms with Crippen molar-refractivity contribution < 1.29 is 28.9 Å². The Morgan fingerprint density at radius 3 is 2.30 bits per heavy atom. The van der Waals surface area contributed by atoms with Gasteiger partial charge in [0.15, 0.2) is 0 Å². The first kappa shape index (κ1) is 23.0. The van der Waals surface area contributed by atoms with E-state index in [2.05, 4.69) is 6.58 Å². The van der Waals surface area contributed by atoms with Crippen LogP contribution in [-0.4, -0.2) is 30.3 Å². The molecule has 160 valence electrons. The van der Waals surface area contributed by atoms with E-state index >= 15 is 0 Å². The van der Waals surface area contributed by atoms with Crippen LogP contribution in [-0.2, 0) is 16.0 Å². The molecule has 0 heterocycles. The minimum atomic E-state index is -0.466. The number of carbonyl (C=O) groups is 2. The predicted molar refractivity (Wildman–Crippen MR) is 114 cm³/mol. The quantitative estimate of drug-likeness (QED) is 0.232. The molecule has 0 saturated heterocycles. The van der Waals surface area contributed by atoms with Gasteiger partial charge in [-0.1, -0.05) is 13.5 Å². The fourth-order valence-electron chi connectivity index (χ4n) is 2.74. The zero-order valence-electron chi connectivity index (χ0n) is 17.3. The van der Waals surface area contributed by atoms with Gasteiger partial charge in [-0.3, -0.25) is 0 Å². The van der Waals surface area contributed by atoms with E-state index in [-0.39, 0.29) is 11.7 Å². The first-order valence-corrected chi connectivity index (χ1v) is 10.1. The van der Waals surface area contributed by atoms with Crippen molar-refractivity contribution in [3.05, 3.63) is 66.2 Å². The van der Waals surface area contributed by atoms with E-state index in [1.54, 1.807) is 36.4 Å². The van der Waals surface area contributed by atoms with Gasteiger partial charge in [0.25, 0.3) is 0 Å². The van der Waals surface area contributed by atoms with Gasteiger partial charge in [0, 0.05) is 6.08 Å². The number of hydrogen-bond acceptors (Lipinski definition) is 6. The van der Waals surface area contributed by atoms with E-state index in [1.807, 2.05) is 6.92 Å². The second kappa shape index (κ2) is 12.3. The van der Waals surface area contributed by atoms with Gasteiger partial charge in [0.1, 0.15) is 17.2 Å². The summed E-state index contributed by atoms with van der Waals surface area (Å²) < 4.78 is 16.0. The number of benzene rings is 2. The Hall–Kier alpha value is -3.28. The third-order valence-electron chi connectivity index (χ3n) is 4.45. The number of aromatic hydroxyl groups is 1. The normalized spacial score (nSPS) is 10.3. The fourth-order valence-corrected chi connectivity index (χ4v) is 2.74. The number of esters is 2. The monoisotopic (exact) mass is 412 g/mol. The number of hydrogen-bond donors (Lipinski definition) is 1. The second-order valence-electron chi connectivity index (χ2n) is 6.69. The number of unbranched alkanes of at least 4 members (excludes halogenated alkanes) is 3. The van der Waals surface area contributed by atoms with Crippen molar-refractivity contribution in [2.45, 2.75) is 39.0 Å². The molecule has 0 atom stereocenters. The van der Waals surface area contributed by atoms with Crippen LogP contribution in [0, 0.1) is 0 Å². The summed E-state index contributed by atoms with van der Waals surface area (Å²) in [5.41, 5.74) is 1.14. The van der Waals surface area contributed by atoms with Gasteiger partial charge in [-0.2, -0.15) is 0 Å². The van der Waals surface area contributed by atoms with Crippen LogP contribution in [0.15, 0.2) is 55.1 Å². The average molecular weight is 412 g/mol. The zero-order valence-corrected chi connectivity index (χ0v) is 17.3. The minimum absolute atomic E-state index is 0.190. The van der Waals surface area contributed by atoms with E-state index in [0.717, 1.165) is 37.3 Å². The maximum Gasteiger partial charge on any atom is 0.343 e. The summed E-state index contributed by atoms with van der Waals surface area (Å²) in [4.78, 5) is 23.2. The first-order valence-electron chi connectivity index (χ1n) is 10.1. The molecule has 0 aliphatic rings. The molecule has 6 heteroatoms. The van der Waals surface area contributed by atoms with Gasteiger partial charge < -0.3 is 19.3 Å². The molecule has 2 aromatic rings. The van der Waals surface area contributed by atoms with Crippen LogP contribution < -0.4 is 9.47 Å². The Bertz CT molecular complexity index is 841. The van der Waals surface area contributed by atoms with E-state index in [4.69, 9.17) is 14.2 Å². The molecule has 6 nitrogen and oxygen atoms in total. The van der Waals surface area contributed by atoms with Crippen molar-refractivity contribution >= 4 is 11.9 Å². The van der Waals surface area contributed by atoms with E-state index in [1.165, 1.54) is 6.07 Å². The number of carbonyl (C=O) groups excluding carboxylic acids is 2. The molecule has 0 aliphatic heterocycles. The molecular weight excluding hydrogens is 384 g/mol. The lowest BCUT2D eigenvalue weighted by atomic mass is 10.1. The highest BCUT2D eigenvalue weighted by Crippen LogP contribution is 2.24. The Kier molecular flexibility index (Phi) is 9.45. The molecule has 0 aliphatic carbocycles. The number of ether oxygens (including phenoxy) is 3. The minimum Gasteiger partial charge on any atom is -0.508 e. The lowest BCUT2D eigenvalue weighted by molar-refractivity contribution is -0.137. The summed E-state index contributed by atoms with van der Waals surface area (Å²) in [6, 6.07) is 11.5. The average Bonchev–Trinajstić information content (AvgIpc) is 2.77. The number of aryl methyl sites for hydroxylation is 1. The summed E-state index contributed by atoms with van der Waals surface area (Å²) in [5, 5.41) is 9.71. The summed E-state index contributed by atoms with van der Waals surface area (Å²) in [6.07, 6.45) is 5.44. The SMILES string of the molecule is C=CC(=O)OCCCCCCOc1ccc(C(=O)Oc2ccc(O)c(CC)c2)cc1. The van der Waals surface area contributed by atoms with Gasteiger partial charge in [0.05, 0.1) is 18.8 Å². The number of phenolic OH excluding ortho intramolecular Hbond substituents is 1. The highest BCUT2D eigenvalue weighted by molar-refractivity contribution is 5.91. The van der Waals surface area contributed by atoms with Gasteiger partial charge in [-0.15, -0.1) is 0 Å². The second-order valence-corrected chi connectivity index (χ2v) is 6.69. The smallest absolute Gasteiger partial charge is 0.343 e. The molecule has 1 N–H and O–H groups in total. The van der Waals surface area contributed by atoms with Crippen molar-refractivity contribution in [3.8, 4) is 17.2 Å². The van der Waals surface area contributed by atoms with Crippen molar-refractivity contribution in [2.24, 2.45) is 0 Å². The number of phenols is 1. The summed E-state index contributed by atoms with van der Waals surface area (Å²) in [6.45, 7) is 6.25. The standard InChI is InChI=1S/C24H28O6/c1-3-18-17-21(13-14-22(18)25)30-24(27)19-9-11-20(12-10-19)28-15-7-5-6-8-16-29-23(26)4-2/h4,9-14,17,25H,2-3,5-8,15-16H2,1H3. The molecule has 0 fully saturated rings. The molecule has 0 unspecified atom stereocenters. The maximum absolute atomic E-state index is 12.3. The van der Waals surface area contributed by atoms with Gasteiger partial charge in [0.2, 0.25) is 0 Å². The van der Waals surface area contributed by atoms with Crippen molar-refractivity contribution in [2.75, 3.05) is 13.2 Å². The lowest BCUT2D eigenvalue weighted by Gasteiger charge is -2.09. The fraction of sp³-hybridized carbons (Fsp3) is 0.333. The van der Waals surface area contributed by atoms with Crippen molar-refractivity contribution in [1.82, 2.24) is 0 Å².